The lowest BCUT2D eigenvalue weighted by Gasteiger charge is -2.14. The molecule has 3 nitrogen and oxygen atoms in total. The fourth-order valence-electron chi connectivity index (χ4n) is 1.64. The van der Waals surface area contributed by atoms with Crippen molar-refractivity contribution in [2.24, 2.45) is 5.73 Å². The van der Waals surface area contributed by atoms with Crippen LogP contribution in [-0.4, -0.2) is 13.0 Å². The van der Waals surface area contributed by atoms with Crippen molar-refractivity contribution in [2.45, 2.75) is 25.7 Å². The third-order valence-corrected chi connectivity index (χ3v) is 2.51. The highest BCUT2D eigenvalue weighted by molar-refractivity contribution is 5.74. The van der Waals surface area contributed by atoms with Gasteiger partial charge in [-0.3, -0.25) is 4.79 Å². The summed E-state index contributed by atoms with van der Waals surface area (Å²) in [5, 5.41) is 0. The molecule has 0 aliphatic carbocycles. The molecule has 0 saturated heterocycles. The van der Waals surface area contributed by atoms with Gasteiger partial charge < -0.3 is 10.5 Å². The minimum absolute atomic E-state index is 0.192. The topological polar surface area (TPSA) is 52.3 Å². The first-order chi connectivity index (χ1) is 7.17. The molecule has 0 aliphatic rings. The molecule has 0 spiro atoms. The molecule has 0 fully saturated rings. The van der Waals surface area contributed by atoms with Crippen LogP contribution in [0, 0.1) is 0 Å². The number of primary amides is 1. The standard InChI is InChI=1S/C12H17NO2/c1-3-9(8-12(13)14)10-5-4-6-11(7-10)15-2/h4-7,9H,3,8H2,1-2H3,(H2,13,14)/t9-/m1/s1. The molecule has 0 aromatic heterocycles. The highest BCUT2D eigenvalue weighted by Gasteiger charge is 2.12. The summed E-state index contributed by atoms with van der Waals surface area (Å²) in [5.74, 6) is 0.748. The molecular formula is C12H17NO2. The highest BCUT2D eigenvalue weighted by Crippen LogP contribution is 2.25. The molecule has 1 rings (SSSR count). The van der Waals surface area contributed by atoms with Gasteiger partial charge in [-0.1, -0.05) is 19.1 Å². The molecule has 15 heavy (non-hydrogen) atoms. The van der Waals surface area contributed by atoms with Crippen LogP contribution in [0.25, 0.3) is 0 Å². The summed E-state index contributed by atoms with van der Waals surface area (Å²) < 4.78 is 5.14. The second kappa shape index (κ2) is 5.39. The molecule has 0 radical (unpaired) electrons. The number of carbonyl (C=O) groups excluding carboxylic acids is 1. The number of hydrogen-bond donors (Lipinski definition) is 1. The lowest BCUT2D eigenvalue weighted by Crippen LogP contribution is -2.15. The largest absolute Gasteiger partial charge is 0.497 e. The fraction of sp³-hybridized carbons (Fsp3) is 0.417. The van der Waals surface area contributed by atoms with E-state index in [0.717, 1.165) is 17.7 Å². The molecule has 1 atom stereocenters. The van der Waals surface area contributed by atoms with Crippen molar-refractivity contribution in [2.75, 3.05) is 7.11 Å². The quantitative estimate of drug-likeness (QED) is 0.803. The Balaban J connectivity index is 2.85. The van der Waals surface area contributed by atoms with E-state index in [1.54, 1.807) is 7.11 Å². The van der Waals surface area contributed by atoms with Crippen molar-refractivity contribution in [1.82, 2.24) is 0 Å². The van der Waals surface area contributed by atoms with Gasteiger partial charge in [0.15, 0.2) is 0 Å². The molecule has 0 bridgehead atoms. The zero-order chi connectivity index (χ0) is 11.3. The number of hydrogen-bond acceptors (Lipinski definition) is 2. The van der Waals surface area contributed by atoms with Crippen LogP contribution in [-0.2, 0) is 4.79 Å². The Labute approximate surface area is 90.2 Å². The first-order valence-corrected chi connectivity index (χ1v) is 5.09. The number of ether oxygens (including phenoxy) is 1. The van der Waals surface area contributed by atoms with Crippen LogP contribution in [0.5, 0.6) is 5.75 Å². The van der Waals surface area contributed by atoms with Gasteiger partial charge in [0, 0.05) is 6.42 Å². The second-order valence-corrected chi connectivity index (χ2v) is 3.55. The van der Waals surface area contributed by atoms with Gasteiger partial charge >= 0.3 is 0 Å². The minimum Gasteiger partial charge on any atom is -0.497 e. The van der Waals surface area contributed by atoms with Gasteiger partial charge in [0.25, 0.3) is 0 Å². The summed E-state index contributed by atoms with van der Waals surface area (Å²) in [6.45, 7) is 2.05. The van der Waals surface area contributed by atoms with Crippen LogP contribution in [0.3, 0.4) is 0 Å². The van der Waals surface area contributed by atoms with Crippen LogP contribution in [0.4, 0.5) is 0 Å². The summed E-state index contributed by atoms with van der Waals surface area (Å²) in [4.78, 5) is 10.9. The lowest BCUT2D eigenvalue weighted by molar-refractivity contribution is -0.118. The fourth-order valence-corrected chi connectivity index (χ4v) is 1.64. The normalized spacial score (nSPS) is 12.1. The van der Waals surface area contributed by atoms with E-state index in [1.165, 1.54) is 0 Å². The first-order valence-electron chi connectivity index (χ1n) is 5.09. The Morgan fingerprint density at radius 1 is 1.53 bits per heavy atom. The maximum Gasteiger partial charge on any atom is 0.218 e. The number of amides is 1. The Hall–Kier alpha value is -1.51. The lowest BCUT2D eigenvalue weighted by atomic mass is 9.93. The minimum atomic E-state index is -0.260. The SMILES string of the molecule is CC[C@H](CC(N)=O)c1cccc(OC)c1. The van der Waals surface area contributed by atoms with Gasteiger partial charge in [0.1, 0.15) is 5.75 Å². The monoisotopic (exact) mass is 207 g/mol. The summed E-state index contributed by atoms with van der Waals surface area (Å²) >= 11 is 0. The van der Waals surface area contributed by atoms with Gasteiger partial charge in [-0.05, 0) is 30.0 Å². The molecule has 0 unspecified atom stereocenters. The molecule has 2 N–H and O–H groups in total. The maximum absolute atomic E-state index is 10.9. The summed E-state index contributed by atoms with van der Waals surface area (Å²) in [6.07, 6.45) is 1.29. The van der Waals surface area contributed by atoms with Crippen LogP contribution in [0.2, 0.25) is 0 Å². The molecular weight excluding hydrogens is 190 g/mol. The Bertz CT molecular complexity index is 336. The molecule has 82 valence electrons. The van der Waals surface area contributed by atoms with Crippen molar-refractivity contribution in [3.63, 3.8) is 0 Å². The van der Waals surface area contributed by atoms with Crippen molar-refractivity contribution in [1.29, 1.82) is 0 Å². The number of carbonyl (C=O) groups is 1. The molecule has 1 aromatic rings. The number of methoxy groups -OCH3 is 1. The van der Waals surface area contributed by atoms with E-state index in [4.69, 9.17) is 10.5 Å². The molecule has 3 heteroatoms. The molecule has 0 aliphatic heterocycles. The van der Waals surface area contributed by atoms with Gasteiger partial charge in [0.05, 0.1) is 7.11 Å². The Kier molecular flexibility index (Phi) is 4.16. The maximum atomic E-state index is 10.9. The Morgan fingerprint density at radius 2 is 2.27 bits per heavy atom. The van der Waals surface area contributed by atoms with E-state index in [-0.39, 0.29) is 11.8 Å². The molecule has 0 saturated carbocycles. The number of benzene rings is 1. The molecule has 1 amide bonds. The average Bonchev–Trinajstić information content (AvgIpc) is 2.25. The zero-order valence-corrected chi connectivity index (χ0v) is 9.19. The van der Waals surface area contributed by atoms with Gasteiger partial charge in [-0.2, -0.15) is 0 Å². The van der Waals surface area contributed by atoms with Crippen LogP contribution >= 0.6 is 0 Å². The van der Waals surface area contributed by atoms with E-state index < -0.39 is 0 Å². The average molecular weight is 207 g/mol. The number of nitrogens with two attached hydrogens (primary N) is 1. The molecule has 0 heterocycles. The van der Waals surface area contributed by atoms with Crippen molar-refractivity contribution in [3.8, 4) is 5.75 Å². The van der Waals surface area contributed by atoms with Gasteiger partial charge in [0.2, 0.25) is 5.91 Å². The predicted octanol–water partition coefficient (Wildman–Crippen LogP) is 2.06. The number of rotatable bonds is 5. The smallest absolute Gasteiger partial charge is 0.218 e. The van der Waals surface area contributed by atoms with Crippen molar-refractivity contribution in [3.05, 3.63) is 29.8 Å². The van der Waals surface area contributed by atoms with Crippen LogP contribution in [0.15, 0.2) is 24.3 Å². The van der Waals surface area contributed by atoms with E-state index >= 15 is 0 Å². The summed E-state index contributed by atoms with van der Waals surface area (Å²) in [5.41, 5.74) is 6.31. The van der Waals surface area contributed by atoms with Crippen molar-refractivity contribution >= 4 is 5.91 Å². The van der Waals surface area contributed by atoms with E-state index in [2.05, 4.69) is 0 Å². The van der Waals surface area contributed by atoms with E-state index in [0.29, 0.717) is 6.42 Å². The first kappa shape index (κ1) is 11.6. The third-order valence-electron chi connectivity index (χ3n) is 2.51. The summed E-state index contributed by atoms with van der Waals surface area (Å²) in [6, 6.07) is 7.77. The van der Waals surface area contributed by atoms with E-state index in [1.807, 2.05) is 31.2 Å². The van der Waals surface area contributed by atoms with Crippen LogP contribution in [0.1, 0.15) is 31.2 Å². The third kappa shape index (κ3) is 3.27. The Morgan fingerprint density at radius 3 is 2.80 bits per heavy atom. The zero-order valence-electron chi connectivity index (χ0n) is 9.19. The van der Waals surface area contributed by atoms with Crippen LogP contribution < -0.4 is 10.5 Å². The summed E-state index contributed by atoms with van der Waals surface area (Å²) in [7, 11) is 1.63. The van der Waals surface area contributed by atoms with Gasteiger partial charge in [-0.25, -0.2) is 0 Å². The predicted molar refractivity (Wildman–Crippen MR) is 59.8 cm³/mol. The highest BCUT2D eigenvalue weighted by atomic mass is 16.5. The van der Waals surface area contributed by atoms with Crippen molar-refractivity contribution < 1.29 is 9.53 Å². The van der Waals surface area contributed by atoms with E-state index in [9.17, 15) is 4.79 Å². The van der Waals surface area contributed by atoms with Gasteiger partial charge in [-0.15, -0.1) is 0 Å². The molecule has 1 aromatic carbocycles. The second-order valence-electron chi connectivity index (χ2n) is 3.55.